The molecule has 9 nitrogen and oxygen atoms in total. The molecule has 9 heteroatoms. The molecule has 0 radical (unpaired) electrons. The van der Waals surface area contributed by atoms with Crippen LogP contribution in [-0.2, 0) is 29.2 Å². The van der Waals surface area contributed by atoms with Gasteiger partial charge in [-0.3, -0.25) is 19.7 Å². The van der Waals surface area contributed by atoms with E-state index in [-0.39, 0.29) is 24.1 Å². The van der Waals surface area contributed by atoms with Gasteiger partial charge in [-0.1, -0.05) is 18.2 Å². The Morgan fingerprint density at radius 2 is 1.94 bits per heavy atom. The molecule has 1 aromatic heterocycles. The molecule has 0 aliphatic carbocycles. The van der Waals surface area contributed by atoms with Crippen LogP contribution in [0.15, 0.2) is 36.5 Å². The quantitative estimate of drug-likeness (QED) is 0.554. The molecule has 3 N–H and O–H groups in total. The highest BCUT2D eigenvalue weighted by Crippen LogP contribution is 2.29. The molecule has 5 rings (SSSR count). The van der Waals surface area contributed by atoms with Crippen LogP contribution in [0.4, 0.5) is 5.82 Å². The second-order valence-electron chi connectivity index (χ2n) is 8.71. The summed E-state index contributed by atoms with van der Waals surface area (Å²) in [6.45, 7) is 5.43. The van der Waals surface area contributed by atoms with Crippen molar-refractivity contribution in [3.8, 4) is 0 Å². The smallest absolute Gasteiger partial charge is 0.255 e. The van der Waals surface area contributed by atoms with E-state index in [1.807, 2.05) is 30.5 Å². The third-order valence-corrected chi connectivity index (χ3v) is 6.53. The van der Waals surface area contributed by atoms with Crippen molar-refractivity contribution in [3.63, 3.8) is 0 Å². The summed E-state index contributed by atoms with van der Waals surface area (Å²) in [6.07, 6.45) is 2.47. The number of benzene rings is 1. The van der Waals surface area contributed by atoms with Crippen LogP contribution >= 0.6 is 0 Å². The highest BCUT2D eigenvalue weighted by atomic mass is 16.2. The number of rotatable bonds is 6. The van der Waals surface area contributed by atoms with E-state index in [0.29, 0.717) is 31.6 Å². The molecule has 0 bridgehead atoms. The van der Waals surface area contributed by atoms with Gasteiger partial charge in [0.15, 0.2) is 0 Å². The first-order valence-electron chi connectivity index (χ1n) is 11.5. The Balaban J connectivity index is 1.24. The molecule has 1 aromatic carbocycles. The van der Waals surface area contributed by atoms with Gasteiger partial charge in [-0.05, 0) is 35.2 Å². The molecule has 1 unspecified atom stereocenters. The lowest BCUT2D eigenvalue weighted by molar-refractivity contribution is -0.136. The monoisotopic (exact) mass is 448 g/mol. The van der Waals surface area contributed by atoms with Crippen LogP contribution in [0.3, 0.4) is 0 Å². The number of hydrogen-bond acceptors (Lipinski definition) is 7. The van der Waals surface area contributed by atoms with Crippen molar-refractivity contribution in [3.05, 3.63) is 58.8 Å². The summed E-state index contributed by atoms with van der Waals surface area (Å²) in [5.74, 6) is 0.194. The number of piperazine rings is 1. The van der Waals surface area contributed by atoms with Crippen molar-refractivity contribution in [2.75, 3.05) is 31.1 Å². The topological polar surface area (TPSA) is 107 Å². The number of piperidine rings is 1. The summed E-state index contributed by atoms with van der Waals surface area (Å²) in [6, 6.07) is 9.37. The second kappa shape index (κ2) is 9.29. The third-order valence-electron chi connectivity index (χ3n) is 6.53. The molecule has 0 saturated carbocycles. The van der Waals surface area contributed by atoms with E-state index in [0.717, 1.165) is 48.7 Å². The summed E-state index contributed by atoms with van der Waals surface area (Å²) < 4.78 is 0. The van der Waals surface area contributed by atoms with Crippen molar-refractivity contribution in [2.45, 2.75) is 38.5 Å². The van der Waals surface area contributed by atoms with Gasteiger partial charge in [0.1, 0.15) is 11.9 Å². The predicted molar refractivity (Wildman–Crippen MR) is 122 cm³/mol. The molecule has 0 spiro atoms. The number of aromatic nitrogens is 1. The lowest BCUT2D eigenvalue weighted by atomic mass is 10.0. The highest BCUT2D eigenvalue weighted by Gasteiger charge is 2.39. The van der Waals surface area contributed by atoms with Gasteiger partial charge < -0.3 is 20.4 Å². The first-order chi connectivity index (χ1) is 16.1. The number of imide groups is 1. The molecule has 4 heterocycles. The van der Waals surface area contributed by atoms with Gasteiger partial charge in [-0.15, -0.1) is 0 Å². The number of nitrogens with zero attached hydrogens (tertiary/aromatic N) is 3. The molecule has 3 aliphatic heterocycles. The third kappa shape index (κ3) is 4.46. The number of carbonyl (C=O) groups is 3. The minimum absolute atomic E-state index is 0.137. The van der Waals surface area contributed by atoms with Gasteiger partial charge in [-0.2, -0.15) is 0 Å². The summed E-state index contributed by atoms with van der Waals surface area (Å²) in [5, 5.41) is 9.16. The van der Waals surface area contributed by atoms with Crippen LogP contribution in [0, 0.1) is 0 Å². The zero-order valence-electron chi connectivity index (χ0n) is 18.5. The SMILES string of the molecule is O=C1CCC(N2Cc3cccc(CNCc4ccnc(N5CCNCC5)c4)c3C2=O)C(=O)N1. The van der Waals surface area contributed by atoms with Crippen molar-refractivity contribution in [1.82, 2.24) is 25.8 Å². The average Bonchev–Trinajstić information content (AvgIpc) is 3.17. The van der Waals surface area contributed by atoms with Gasteiger partial charge in [0.2, 0.25) is 11.8 Å². The normalized spacial score (nSPS) is 20.7. The lowest BCUT2D eigenvalue weighted by Crippen LogP contribution is -2.52. The molecule has 3 aliphatic rings. The predicted octanol–water partition coefficient (Wildman–Crippen LogP) is 0.542. The maximum atomic E-state index is 13.2. The van der Waals surface area contributed by atoms with Gasteiger partial charge in [0.25, 0.3) is 5.91 Å². The van der Waals surface area contributed by atoms with E-state index >= 15 is 0 Å². The standard InChI is InChI=1S/C24H28N6O3/c31-21-5-4-19(23(32)28-21)30-15-18-3-1-2-17(22(18)24(30)33)14-26-13-16-6-7-27-20(12-16)29-10-8-25-9-11-29/h1-3,6-7,12,19,25-26H,4-5,8-11,13-15H2,(H,28,31,32). The molecule has 2 fully saturated rings. The Morgan fingerprint density at radius 3 is 2.76 bits per heavy atom. The molecule has 3 amide bonds. The van der Waals surface area contributed by atoms with E-state index in [1.165, 1.54) is 0 Å². The maximum absolute atomic E-state index is 13.2. The van der Waals surface area contributed by atoms with E-state index in [4.69, 9.17) is 0 Å². The number of nitrogens with one attached hydrogen (secondary N) is 3. The Labute approximate surface area is 192 Å². The van der Waals surface area contributed by atoms with E-state index in [1.54, 1.807) is 4.90 Å². The maximum Gasteiger partial charge on any atom is 0.255 e. The molecule has 33 heavy (non-hydrogen) atoms. The average molecular weight is 449 g/mol. The Hall–Kier alpha value is -3.30. The van der Waals surface area contributed by atoms with Gasteiger partial charge in [0, 0.05) is 64.0 Å². The van der Waals surface area contributed by atoms with Crippen molar-refractivity contribution < 1.29 is 14.4 Å². The van der Waals surface area contributed by atoms with Gasteiger partial charge in [0.05, 0.1) is 0 Å². The summed E-state index contributed by atoms with van der Waals surface area (Å²) in [5.41, 5.74) is 3.66. The summed E-state index contributed by atoms with van der Waals surface area (Å²) in [4.78, 5) is 45.4. The van der Waals surface area contributed by atoms with Gasteiger partial charge in [-0.25, -0.2) is 4.98 Å². The van der Waals surface area contributed by atoms with E-state index < -0.39 is 6.04 Å². The fourth-order valence-corrected chi connectivity index (χ4v) is 4.82. The Morgan fingerprint density at radius 1 is 1.09 bits per heavy atom. The summed E-state index contributed by atoms with van der Waals surface area (Å²) in [7, 11) is 0. The Bertz CT molecular complexity index is 1080. The largest absolute Gasteiger partial charge is 0.354 e. The molecular formula is C24H28N6O3. The summed E-state index contributed by atoms with van der Waals surface area (Å²) >= 11 is 0. The minimum Gasteiger partial charge on any atom is -0.354 e. The van der Waals surface area contributed by atoms with Crippen LogP contribution in [-0.4, -0.2) is 59.8 Å². The van der Waals surface area contributed by atoms with Crippen molar-refractivity contribution in [2.24, 2.45) is 0 Å². The van der Waals surface area contributed by atoms with E-state index in [9.17, 15) is 14.4 Å². The number of carbonyl (C=O) groups excluding carboxylic acids is 3. The van der Waals surface area contributed by atoms with Crippen molar-refractivity contribution in [1.29, 1.82) is 0 Å². The van der Waals surface area contributed by atoms with Crippen LogP contribution < -0.4 is 20.9 Å². The highest BCUT2D eigenvalue weighted by molar-refractivity contribution is 6.06. The second-order valence-corrected chi connectivity index (χ2v) is 8.71. The first kappa shape index (κ1) is 21.5. The number of amides is 3. The molecule has 2 aromatic rings. The van der Waals surface area contributed by atoms with E-state index in [2.05, 4.69) is 31.9 Å². The lowest BCUT2D eigenvalue weighted by Gasteiger charge is -2.29. The molecule has 2 saturated heterocycles. The Kier molecular flexibility index (Phi) is 6.06. The molecule has 172 valence electrons. The molecular weight excluding hydrogens is 420 g/mol. The number of pyridine rings is 1. The minimum atomic E-state index is -0.594. The first-order valence-corrected chi connectivity index (χ1v) is 11.5. The fourth-order valence-electron chi connectivity index (χ4n) is 4.82. The van der Waals surface area contributed by atoms with Crippen molar-refractivity contribution >= 4 is 23.5 Å². The molecule has 1 atom stereocenters. The van der Waals surface area contributed by atoms with Crippen LogP contribution in [0.1, 0.15) is 39.9 Å². The van der Waals surface area contributed by atoms with Crippen LogP contribution in [0.5, 0.6) is 0 Å². The van der Waals surface area contributed by atoms with Crippen LogP contribution in [0.2, 0.25) is 0 Å². The fraction of sp³-hybridized carbons (Fsp3) is 0.417. The zero-order chi connectivity index (χ0) is 22.8. The number of fused-ring (bicyclic) bond motifs is 1. The number of anilines is 1. The van der Waals surface area contributed by atoms with Crippen LogP contribution in [0.25, 0.3) is 0 Å². The van der Waals surface area contributed by atoms with Gasteiger partial charge >= 0.3 is 0 Å². The zero-order valence-corrected chi connectivity index (χ0v) is 18.5. The number of hydrogen-bond donors (Lipinski definition) is 3.